The molecule has 0 aliphatic carbocycles. The maximum Gasteiger partial charge on any atom is 0.265 e. The van der Waals surface area contributed by atoms with Crippen molar-refractivity contribution in [3.8, 4) is 11.8 Å². The molecule has 19 heavy (non-hydrogen) atoms. The molecule has 0 bridgehead atoms. The summed E-state index contributed by atoms with van der Waals surface area (Å²) in [4.78, 5) is 11.8. The van der Waals surface area contributed by atoms with E-state index in [9.17, 15) is 4.79 Å². The molecular formula is C13H12N4O2. The summed E-state index contributed by atoms with van der Waals surface area (Å²) < 4.78 is 5.47. The number of carbonyl (C=O) groups excluding carboxylic acids is 1. The molecule has 0 fully saturated rings. The Balaban J connectivity index is 1.94. The molecule has 6 heteroatoms. The van der Waals surface area contributed by atoms with Crippen molar-refractivity contribution in [3.05, 3.63) is 42.2 Å². The maximum atomic E-state index is 11.8. The highest BCUT2D eigenvalue weighted by atomic mass is 16.5. The second-order valence-electron chi connectivity index (χ2n) is 3.87. The number of amides is 1. The van der Waals surface area contributed by atoms with Crippen LogP contribution >= 0.6 is 0 Å². The second kappa shape index (κ2) is 5.69. The van der Waals surface area contributed by atoms with Crippen LogP contribution in [0.15, 0.2) is 36.7 Å². The molecule has 1 unspecified atom stereocenters. The number of nitrogens with zero attached hydrogens (tertiary/aromatic N) is 2. The highest BCUT2D eigenvalue weighted by molar-refractivity contribution is 5.93. The molecular weight excluding hydrogens is 244 g/mol. The third-order valence-corrected chi connectivity index (χ3v) is 2.43. The van der Waals surface area contributed by atoms with Gasteiger partial charge in [-0.1, -0.05) is 0 Å². The number of H-pyrrole nitrogens is 1. The molecule has 0 radical (unpaired) electrons. The van der Waals surface area contributed by atoms with Gasteiger partial charge in [0.15, 0.2) is 6.10 Å². The van der Waals surface area contributed by atoms with Gasteiger partial charge in [-0.05, 0) is 31.2 Å². The first kappa shape index (κ1) is 12.6. The number of ether oxygens (including phenoxy) is 1. The van der Waals surface area contributed by atoms with Crippen molar-refractivity contribution in [2.75, 3.05) is 5.32 Å². The fourth-order valence-electron chi connectivity index (χ4n) is 1.43. The minimum atomic E-state index is -0.650. The number of carbonyl (C=O) groups is 1. The molecule has 1 heterocycles. The quantitative estimate of drug-likeness (QED) is 0.870. The summed E-state index contributed by atoms with van der Waals surface area (Å²) in [5, 5.41) is 17.7. The number of aromatic amines is 1. The Labute approximate surface area is 110 Å². The number of hydrogen-bond donors (Lipinski definition) is 2. The minimum Gasteiger partial charge on any atom is -0.481 e. The normalized spacial score (nSPS) is 11.4. The Hall–Kier alpha value is -2.81. The maximum absolute atomic E-state index is 11.8. The molecule has 0 spiro atoms. The lowest BCUT2D eigenvalue weighted by Crippen LogP contribution is -2.29. The van der Waals surface area contributed by atoms with Gasteiger partial charge in [0.25, 0.3) is 5.91 Å². The summed E-state index contributed by atoms with van der Waals surface area (Å²) in [7, 11) is 0. The van der Waals surface area contributed by atoms with E-state index < -0.39 is 6.10 Å². The van der Waals surface area contributed by atoms with E-state index in [-0.39, 0.29) is 5.91 Å². The molecule has 1 aromatic carbocycles. The van der Waals surface area contributed by atoms with Crippen LogP contribution in [0.2, 0.25) is 0 Å². The molecule has 1 atom stereocenters. The van der Waals surface area contributed by atoms with Crippen molar-refractivity contribution in [3.63, 3.8) is 0 Å². The number of benzene rings is 1. The van der Waals surface area contributed by atoms with E-state index in [0.29, 0.717) is 17.0 Å². The lowest BCUT2D eigenvalue weighted by molar-refractivity contribution is -0.122. The van der Waals surface area contributed by atoms with Gasteiger partial charge in [-0.15, -0.1) is 0 Å². The Kier molecular flexibility index (Phi) is 3.78. The first-order chi connectivity index (χ1) is 9.19. The van der Waals surface area contributed by atoms with Crippen LogP contribution in [0.25, 0.3) is 0 Å². The van der Waals surface area contributed by atoms with Crippen molar-refractivity contribution < 1.29 is 9.53 Å². The third kappa shape index (κ3) is 3.33. The molecule has 2 N–H and O–H groups in total. The van der Waals surface area contributed by atoms with E-state index in [0.717, 1.165) is 0 Å². The van der Waals surface area contributed by atoms with E-state index in [1.54, 1.807) is 37.4 Å². The SMILES string of the molecule is CC(Oc1ccc(C#N)cc1)C(=O)Nc1cn[nH]c1. The first-order valence-electron chi connectivity index (χ1n) is 5.65. The van der Waals surface area contributed by atoms with Gasteiger partial charge in [-0.3, -0.25) is 9.89 Å². The van der Waals surface area contributed by atoms with E-state index in [1.165, 1.54) is 6.20 Å². The summed E-state index contributed by atoms with van der Waals surface area (Å²) in [6.45, 7) is 1.65. The number of nitrogens with one attached hydrogen (secondary N) is 2. The van der Waals surface area contributed by atoms with Crippen molar-refractivity contribution in [1.82, 2.24) is 10.2 Å². The Morgan fingerprint density at radius 2 is 2.21 bits per heavy atom. The summed E-state index contributed by atoms with van der Waals surface area (Å²) in [5.41, 5.74) is 1.13. The number of hydrogen-bond acceptors (Lipinski definition) is 4. The van der Waals surface area contributed by atoms with Gasteiger partial charge in [-0.25, -0.2) is 0 Å². The van der Waals surface area contributed by atoms with Gasteiger partial charge in [0.2, 0.25) is 0 Å². The topological polar surface area (TPSA) is 90.8 Å². The smallest absolute Gasteiger partial charge is 0.265 e. The number of rotatable bonds is 4. The van der Waals surface area contributed by atoms with Gasteiger partial charge in [0.1, 0.15) is 5.75 Å². The average molecular weight is 256 g/mol. The van der Waals surface area contributed by atoms with Crippen molar-refractivity contribution in [1.29, 1.82) is 5.26 Å². The third-order valence-electron chi connectivity index (χ3n) is 2.43. The zero-order valence-corrected chi connectivity index (χ0v) is 10.3. The van der Waals surface area contributed by atoms with Crippen molar-refractivity contribution in [2.24, 2.45) is 0 Å². The van der Waals surface area contributed by atoms with Crippen molar-refractivity contribution in [2.45, 2.75) is 13.0 Å². The molecule has 96 valence electrons. The van der Waals surface area contributed by atoms with Crippen LogP contribution in [0, 0.1) is 11.3 Å². The zero-order valence-electron chi connectivity index (χ0n) is 10.3. The van der Waals surface area contributed by atoms with Crippen LogP contribution in [-0.4, -0.2) is 22.2 Å². The van der Waals surface area contributed by atoms with E-state index in [2.05, 4.69) is 15.5 Å². The monoisotopic (exact) mass is 256 g/mol. The summed E-state index contributed by atoms with van der Waals surface area (Å²) in [5.74, 6) is 0.264. The lowest BCUT2D eigenvalue weighted by atomic mass is 10.2. The molecule has 6 nitrogen and oxygen atoms in total. The van der Waals surface area contributed by atoms with Gasteiger partial charge in [0, 0.05) is 6.20 Å². The predicted octanol–water partition coefficient (Wildman–Crippen LogP) is 1.69. The van der Waals surface area contributed by atoms with Gasteiger partial charge < -0.3 is 10.1 Å². The van der Waals surface area contributed by atoms with Crippen LogP contribution < -0.4 is 10.1 Å². The number of aromatic nitrogens is 2. The first-order valence-corrected chi connectivity index (χ1v) is 5.65. The standard InChI is InChI=1S/C13H12N4O2/c1-9(13(18)17-11-7-15-16-8-11)19-12-4-2-10(6-14)3-5-12/h2-5,7-9H,1H3,(H,15,16)(H,17,18). The van der Waals surface area contributed by atoms with Gasteiger partial charge in [-0.2, -0.15) is 10.4 Å². The average Bonchev–Trinajstić information content (AvgIpc) is 2.92. The molecule has 0 saturated heterocycles. The van der Waals surface area contributed by atoms with Crippen LogP contribution in [0.5, 0.6) is 5.75 Å². The Morgan fingerprint density at radius 3 is 2.79 bits per heavy atom. The molecule has 0 saturated carbocycles. The van der Waals surface area contributed by atoms with E-state index >= 15 is 0 Å². The van der Waals surface area contributed by atoms with Gasteiger partial charge in [0.05, 0.1) is 23.5 Å². The molecule has 0 aliphatic rings. The Bertz CT molecular complexity index is 584. The zero-order chi connectivity index (χ0) is 13.7. The Morgan fingerprint density at radius 1 is 1.47 bits per heavy atom. The van der Waals surface area contributed by atoms with Crippen LogP contribution in [-0.2, 0) is 4.79 Å². The largest absolute Gasteiger partial charge is 0.481 e. The number of anilines is 1. The summed E-state index contributed by atoms with van der Waals surface area (Å²) in [6.07, 6.45) is 2.43. The highest BCUT2D eigenvalue weighted by Gasteiger charge is 2.15. The molecule has 0 aliphatic heterocycles. The summed E-state index contributed by atoms with van der Waals surface area (Å²) in [6, 6.07) is 8.59. The van der Waals surface area contributed by atoms with Crippen LogP contribution in [0.4, 0.5) is 5.69 Å². The molecule has 1 amide bonds. The second-order valence-corrected chi connectivity index (χ2v) is 3.87. The molecule has 1 aromatic heterocycles. The summed E-state index contributed by atoms with van der Waals surface area (Å²) >= 11 is 0. The van der Waals surface area contributed by atoms with E-state index in [1.807, 2.05) is 6.07 Å². The van der Waals surface area contributed by atoms with Crippen LogP contribution in [0.3, 0.4) is 0 Å². The molecule has 2 aromatic rings. The lowest BCUT2D eigenvalue weighted by Gasteiger charge is -2.13. The highest BCUT2D eigenvalue weighted by Crippen LogP contribution is 2.14. The predicted molar refractivity (Wildman–Crippen MR) is 68.5 cm³/mol. The minimum absolute atomic E-state index is 0.272. The van der Waals surface area contributed by atoms with E-state index in [4.69, 9.17) is 10.00 Å². The number of nitriles is 1. The fourth-order valence-corrected chi connectivity index (χ4v) is 1.43. The fraction of sp³-hybridized carbons (Fsp3) is 0.154. The van der Waals surface area contributed by atoms with Crippen molar-refractivity contribution >= 4 is 11.6 Å². The van der Waals surface area contributed by atoms with Crippen LogP contribution in [0.1, 0.15) is 12.5 Å². The van der Waals surface area contributed by atoms with Gasteiger partial charge >= 0.3 is 0 Å². The molecule has 2 rings (SSSR count).